The molecule has 1 aromatic rings. The van der Waals surface area contributed by atoms with Crippen molar-refractivity contribution in [2.75, 3.05) is 0 Å². The van der Waals surface area contributed by atoms with E-state index < -0.39 is 0 Å². The van der Waals surface area contributed by atoms with Gasteiger partial charge in [-0.15, -0.1) is 11.3 Å². The molecule has 0 unspecified atom stereocenters. The Balaban J connectivity index is 2.37. The van der Waals surface area contributed by atoms with Crippen LogP contribution in [-0.4, -0.2) is 0 Å². The van der Waals surface area contributed by atoms with Gasteiger partial charge in [-0.25, -0.2) is 0 Å². The average molecular weight is 154 g/mol. The first-order valence-corrected chi connectivity index (χ1v) is 3.92. The molecule has 52 valence electrons. The van der Waals surface area contributed by atoms with Crippen LogP contribution in [0.5, 0.6) is 11.5 Å². The molecular weight excluding hydrogens is 148 g/mol. The Hall–Kier alpha value is -0.960. The zero-order chi connectivity index (χ0) is 6.97. The van der Waals surface area contributed by atoms with Gasteiger partial charge in [-0.3, -0.25) is 0 Å². The van der Waals surface area contributed by atoms with Crippen LogP contribution in [-0.2, 0) is 0 Å². The number of hydrogen-bond donors (Lipinski definition) is 0. The van der Waals surface area contributed by atoms with Gasteiger partial charge >= 0.3 is 0 Å². The standard InChI is InChI=1S/C7H6O2S/c1-2-7-8-5-3-10-4-6(5)9-7/h2-4H,1H3. The summed E-state index contributed by atoms with van der Waals surface area (Å²) in [5.74, 6) is 2.24. The van der Waals surface area contributed by atoms with Gasteiger partial charge in [0.25, 0.3) is 5.95 Å². The fourth-order valence-electron chi connectivity index (χ4n) is 0.778. The third-order valence-corrected chi connectivity index (χ3v) is 1.95. The molecule has 2 rings (SSSR count). The van der Waals surface area contributed by atoms with Crippen molar-refractivity contribution in [3.05, 3.63) is 22.8 Å². The van der Waals surface area contributed by atoms with Gasteiger partial charge in [-0.05, 0) is 13.0 Å². The molecule has 1 aliphatic rings. The number of rotatable bonds is 0. The van der Waals surface area contributed by atoms with Crippen LogP contribution in [0, 0.1) is 0 Å². The van der Waals surface area contributed by atoms with Crippen molar-refractivity contribution < 1.29 is 9.47 Å². The van der Waals surface area contributed by atoms with E-state index in [2.05, 4.69) is 0 Å². The average Bonchev–Trinajstić information content (AvgIpc) is 2.42. The van der Waals surface area contributed by atoms with Gasteiger partial charge < -0.3 is 9.47 Å². The maximum atomic E-state index is 5.25. The molecule has 1 aromatic heterocycles. The van der Waals surface area contributed by atoms with Crippen LogP contribution < -0.4 is 9.47 Å². The first kappa shape index (κ1) is 5.80. The highest BCUT2D eigenvalue weighted by molar-refractivity contribution is 7.08. The Morgan fingerprint density at radius 1 is 1.30 bits per heavy atom. The summed E-state index contributed by atoms with van der Waals surface area (Å²) >= 11 is 1.58. The summed E-state index contributed by atoms with van der Waals surface area (Å²) < 4.78 is 10.5. The number of ether oxygens (including phenoxy) is 2. The topological polar surface area (TPSA) is 18.5 Å². The van der Waals surface area contributed by atoms with Crippen molar-refractivity contribution in [3.63, 3.8) is 0 Å². The van der Waals surface area contributed by atoms with E-state index in [1.807, 2.05) is 17.7 Å². The van der Waals surface area contributed by atoms with Gasteiger partial charge in [-0.1, -0.05) is 0 Å². The molecule has 0 bridgehead atoms. The van der Waals surface area contributed by atoms with Crippen molar-refractivity contribution >= 4 is 11.3 Å². The molecule has 0 spiro atoms. The third kappa shape index (κ3) is 0.708. The van der Waals surface area contributed by atoms with Crippen LogP contribution in [0.3, 0.4) is 0 Å². The first-order valence-electron chi connectivity index (χ1n) is 2.98. The van der Waals surface area contributed by atoms with Gasteiger partial charge in [0.05, 0.1) is 0 Å². The lowest BCUT2D eigenvalue weighted by Crippen LogP contribution is -1.91. The van der Waals surface area contributed by atoms with Crippen LogP contribution in [0.1, 0.15) is 6.92 Å². The van der Waals surface area contributed by atoms with Gasteiger partial charge in [0, 0.05) is 10.8 Å². The fourth-order valence-corrected chi connectivity index (χ4v) is 1.42. The van der Waals surface area contributed by atoms with E-state index in [-0.39, 0.29) is 0 Å². The van der Waals surface area contributed by atoms with E-state index in [0.717, 1.165) is 11.5 Å². The van der Waals surface area contributed by atoms with Gasteiger partial charge in [0.15, 0.2) is 11.5 Å². The fraction of sp³-hybridized carbons (Fsp3) is 0.143. The van der Waals surface area contributed by atoms with Gasteiger partial charge in [-0.2, -0.15) is 0 Å². The summed E-state index contributed by atoms with van der Waals surface area (Å²) in [6, 6.07) is 0. The second-order valence-electron chi connectivity index (χ2n) is 1.91. The van der Waals surface area contributed by atoms with Crippen molar-refractivity contribution in [1.82, 2.24) is 0 Å². The molecule has 10 heavy (non-hydrogen) atoms. The lowest BCUT2D eigenvalue weighted by atomic mass is 10.6. The Morgan fingerprint density at radius 3 is 2.40 bits per heavy atom. The molecule has 2 nitrogen and oxygen atoms in total. The summed E-state index contributed by atoms with van der Waals surface area (Å²) in [6.07, 6.45) is 1.80. The maximum Gasteiger partial charge on any atom is 0.286 e. The Morgan fingerprint density at radius 2 is 1.90 bits per heavy atom. The second kappa shape index (κ2) is 2.02. The van der Waals surface area contributed by atoms with Gasteiger partial charge in [0.1, 0.15) is 0 Å². The Bertz CT molecular complexity index is 252. The second-order valence-corrected chi connectivity index (χ2v) is 2.66. The normalized spacial score (nSPS) is 13.9. The SMILES string of the molecule is CC=C1Oc2cscc2O1. The lowest BCUT2D eigenvalue weighted by Gasteiger charge is -1.92. The summed E-state index contributed by atoms with van der Waals surface area (Å²) in [7, 11) is 0. The molecule has 0 aliphatic carbocycles. The van der Waals surface area contributed by atoms with Crippen molar-refractivity contribution in [1.29, 1.82) is 0 Å². The summed E-state index contributed by atoms with van der Waals surface area (Å²) in [5.41, 5.74) is 0. The highest BCUT2D eigenvalue weighted by Crippen LogP contribution is 2.39. The predicted octanol–water partition coefficient (Wildman–Crippen LogP) is 2.38. The van der Waals surface area contributed by atoms with E-state index in [1.165, 1.54) is 0 Å². The molecule has 0 N–H and O–H groups in total. The van der Waals surface area contributed by atoms with Crippen LogP contribution >= 0.6 is 11.3 Å². The predicted molar refractivity (Wildman–Crippen MR) is 39.3 cm³/mol. The summed E-state index contributed by atoms with van der Waals surface area (Å²) in [4.78, 5) is 0. The maximum absolute atomic E-state index is 5.25. The molecule has 0 radical (unpaired) electrons. The zero-order valence-electron chi connectivity index (χ0n) is 5.46. The highest BCUT2D eigenvalue weighted by Gasteiger charge is 2.18. The zero-order valence-corrected chi connectivity index (χ0v) is 6.27. The van der Waals surface area contributed by atoms with Crippen molar-refractivity contribution in [3.8, 4) is 11.5 Å². The van der Waals surface area contributed by atoms with E-state index in [1.54, 1.807) is 17.4 Å². The monoisotopic (exact) mass is 154 g/mol. The van der Waals surface area contributed by atoms with E-state index >= 15 is 0 Å². The third-order valence-electron chi connectivity index (χ3n) is 1.25. The minimum Gasteiger partial charge on any atom is -0.421 e. The van der Waals surface area contributed by atoms with Crippen LogP contribution in [0.4, 0.5) is 0 Å². The number of allylic oxidation sites excluding steroid dienone is 1. The van der Waals surface area contributed by atoms with E-state index in [4.69, 9.17) is 9.47 Å². The van der Waals surface area contributed by atoms with E-state index in [9.17, 15) is 0 Å². The Labute approximate surface area is 62.7 Å². The molecule has 0 aromatic carbocycles. The molecular formula is C7H6O2S. The minimum atomic E-state index is 0.581. The number of hydrogen-bond acceptors (Lipinski definition) is 3. The van der Waals surface area contributed by atoms with Crippen LogP contribution in [0.25, 0.3) is 0 Å². The molecule has 2 heterocycles. The molecule has 0 fully saturated rings. The Kier molecular flexibility index (Phi) is 1.17. The molecule has 0 saturated carbocycles. The summed E-state index contributed by atoms with van der Waals surface area (Å²) in [6.45, 7) is 1.88. The molecule has 3 heteroatoms. The summed E-state index contributed by atoms with van der Waals surface area (Å²) in [5, 5.41) is 3.84. The first-order chi connectivity index (χ1) is 4.90. The molecule has 0 saturated heterocycles. The number of thiophene rings is 1. The minimum absolute atomic E-state index is 0.581. The van der Waals surface area contributed by atoms with Gasteiger partial charge in [0.2, 0.25) is 0 Å². The van der Waals surface area contributed by atoms with Crippen molar-refractivity contribution in [2.45, 2.75) is 6.92 Å². The van der Waals surface area contributed by atoms with E-state index in [0.29, 0.717) is 5.95 Å². The largest absolute Gasteiger partial charge is 0.421 e. The van der Waals surface area contributed by atoms with Crippen LogP contribution in [0.15, 0.2) is 22.8 Å². The lowest BCUT2D eigenvalue weighted by molar-refractivity contribution is 0.286. The number of fused-ring (bicyclic) bond motifs is 1. The van der Waals surface area contributed by atoms with Crippen LogP contribution in [0.2, 0.25) is 0 Å². The molecule has 0 atom stereocenters. The molecule has 0 amide bonds. The highest BCUT2D eigenvalue weighted by atomic mass is 32.1. The molecule has 1 aliphatic heterocycles. The van der Waals surface area contributed by atoms with Crippen molar-refractivity contribution in [2.24, 2.45) is 0 Å². The quantitative estimate of drug-likeness (QED) is 0.571. The smallest absolute Gasteiger partial charge is 0.286 e.